The van der Waals surface area contributed by atoms with Crippen molar-refractivity contribution in [3.8, 4) is 11.5 Å². The van der Waals surface area contributed by atoms with Crippen molar-refractivity contribution in [2.24, 2.45) is 0 Å². The predicted octanol–water partition coefficient (Wildman–Crippen LogP) is 1.20. The van der Waals surface area contributed by atoms with E-state index in [9.17, 15) is 4.79 Å². The molecule has 0 aliphatic rings. The Hall–Kier alpha value is -1.75. The highest BCUT2D eigenvalue weighted by atomic mass is 16.5. The van der Waals surface area contributed by atoms with Gasteiger partial charge in [-0.25, -0.2) is 0 Å². The van der Waals surface area contributed by atoms with Crippen LogP contribution in [0.4, 0.5) is 0 Å². The summed E-state index contributed by atoms with van der Waals surface area (Å²) in [7, 11) is 1.55. The van der Waals surface area contributed by atoms with Crippen molar-refractivity contribution < 1.29 is 19.4 Å². The number of carbonyl (C=O) groups excluding carboxylic acids is 1. The number of aliphatic hydroxyl groups excluding tert-OH is 1. The molecule has 0 aliphatic carbocycles. The van der Waals surface area contributed by atoms with Gasteiger partial charge >= 0.3 is 0 Å². The molecule has 0 unspecified atom stereocenters. The Labute approximate surface area is 107 Å². The zero-order valence-corrected chi connectivity index (χ0v) is 10.9. The molecule has 0 aromatic heterocycles. The van der Waals surface area contributed by atoms with Gasteiger partial charge in [0.2, 0.25) is 0 Å². The van der Waals surface area contributed by atoms with E-state index in [2.05, 4.69) is 5.32 Å². The fourth-order valence-corrected chi connectivity index (χ4v) is 1.43. The van der Waals surface area contributed by atoms with Crippen molar-refractivity contribution in [2.45, 2.75) is 20.0 Å². The van der Waals surface area contributed by atoms with Crippen molar-refractivity contribution >= 4 is 5.91 Å². The topological polar surface area (TPSA) is 67.8 Å². The van der Waals surface area contributed by atoms with E-state index in [0.717, 1.165) is 0 Å². The van der Waals surface area contributed by atoms with Crippen molar-refractivity contribution in [3.63, 3.8) is 0 Å². The standard InChI is InChI=1S/C13H19NO4/c1-4-18-12-7-10(5-6-11(12)17-3)13(16)14-8-9(2)15/h5-7,9,15H,4,8H2,1-3H3,(H,14,16)/t9-/m0/s1. The number of aliphatic hydroxyl groups is 1. The number of methoxy groups -OCH3 is 1. The highest BCUT2D eigenvalue weighted by Gasteiger charge is 2.11. The summed E-state index contributed by atoms with van der Waals surface area (Å²) in [6.07, 6.45) is -0.571. The summed E-state index contributed by atoms with van der Waals surface area (Å²) < 4.78 is 10.5. The lowest BCUT2D eigenvalue weighted by Crippen LogP contribution is -2.30. The molecule has 0 fully saturated rings. The first kappa shape index (κ1) is 14.3. The number of rotatable bonds is 6. The molecule has 0 saturated heterocycles. The van der Waals surface area contributed by atoms with Crippen LogP contribution in [-0.2, 0) is 0 Å². The van der Waals surface area contributed by atoms with Gasteiger partial charge in [0.25, 0.3) is 5.91 Å². The van der Waals surface area contributed by atoms with Gasteiger partial charge in [-0.1, -0.05) is 0 Å². The molecule has 5 heteroatoms. The molecule has 0 spiro atoms. The number of benzene rings is 1. The van der Waals surface area contributed by atoms with E-state index in [0.29, 0.717) is 23.7 Å². The van der Waals surface area contributed by atoms with E-state index in [1.165, 1.54) is 0 Å². The molecular formula is C13H19NO4. The van der Waals surface area contributed by atoms with Crippen molar-refractivity contribution in [1.82, 2.24) is 5.32 Å². The first-order valence-corrected chi connectivity index (χ1v) is 5.85. The first-order valence-electron chi connectivity index (χ1n) is 5.85. The number of carbonyl (C=O) groups is 1. The van der Waals surface area contributed by atoms with Crippen LogP contribution in [0.1, 0.15) is 24.2 Å². The minimum Gasteiger partial charge on any atom is -0.493 e. The average Bonchev–Trinajstić information content (AvgIpc) is 2.36. The van der Waals surface area contributed by atoms with Crippen LogP contribution in [0.3, 0.4) is 0 Å². The van der Waals surface area contributed by atoms with Gasteiger partial charge in [-0.05, 0) is 32.0 Å². The molecular weight excluding hydrogens is 234 g/mol. The van der Waals surface area contributed by atoms with Gasteiger partial charge in [0.15, 0.2) is 11.5 Å². The second-order valence-corrected chi connectivity index (χ2v) is 3.86. The third-order valence-corrected chi connectivity index (χ3v) is 2.28. The van der Waals surface area contributed by atoms with Gasteiger partial charge in [0.05, 0.1) is 19.8 Å². The van der Waals surface area contributed by atoms with Gasteiger partial charge in [0.1, 0.15) is 0 Å². The van der Waals surface area contributed by atoms with Gasteiger partial charge in [-0.15, -0.1) is 0 Å². The van der Waals surface area contributed by atoms with Crippen molar-refractivity contribution in [3.05, 3.63) is 23.8 Å². The van der Waals surface area contributed by atoms with Crippen LogP contribution in [0.15, 0.2) is 18.2 Å². The minimum atomic E-state index is -0.571. The molecule has 5 nitrogen and oxygen atoms in total. The predicted molar refractivity (Wildman–Crippen MR) is 68.2 cm³/mol. The second-order valence-electron chi connectivity index (χ2n) is 3.86. The Morgan fingerprint density at radius 3 is 2.72 bits per heavy atom. The smallest absolute Gasteiger partial charge is 0.251 e. The molecule has 1 aromatic carbocycles. The van der Waals surface area contributed by atoms with E-state index in [1.54, 1.807) is 32.2 Å². The van der Waals surface area contributed by atoms with E-state index in [4.69, 9.17) is 14.6 Å². The Kier molecular flexibility index (Phi) is 5.45. The SMILES string of the molecule is CCOc1cc(C(=O)NC[C@H](C)O)ccc1OC. The Morgan fingerprint density at radius 2 is 2.17 bits per heavy atom. The summed E-state index contributed by atoms with van der Waals surface area (Å²) in [5.41, 5.74) is 0.472. The summed E-state index contributed by atoms with van der Waals surface area (Å²) in [6, 6.07) is 4.96. The highest BCUT2D eigenvalue weighted by molar-refractivity contribution is 5.94. The van der Waals surface area contributed by atoms with Crippen LogP contribution in [0, 0.1) is 0 Å². The van der Waals surface area contributed by atoms with E-state index >= 15 is 0 Å². The van der Waals surface area contributed by atoms with Gasteiger partial charge in [0, 0.05) is 12.1 Å². The lowest BCUT2D eigenvalue weighted by molar-refractivity contribution is 0.0923. The average molecular weight is 253 g/mol. The summed E-state index contributed by atoms with van der Waals surface area (Å²) in [5, 5.41) is 11.7. The van der Waals surface area contributed by atoms with Gasteiger partial charge in [-0.2, -0.15) is 0 Å². The third-order valence-electron chi connectivity index (χ3n) is 2.28. The molecule has 0 radical (unpaired) electrons. The van der Waals surface area contributed by atoms with E-state index in [-0.39, 0.29) is 12.5 Å². The number of hydrogen-bond acceptors (Lipinski definition) is 4. The molecule has 1 rings (SSSR count). The monoisotopic (exact) mass is 253 g/mol. The van der Waals surface area contributed by atoms with Crippen molar-refractivity contribution in [1.29, 1.82) is 0 Å². The molecule has 1 aromatic rings. The fourth-order valence-electron chi connectivity index (χ4n) is 1.43. The molecule has 0 saturated carbocycles. The molecule has 1 atom stereocenters. The van der Waals surface area contributed by atoms with Crippen LogP contribution in [0.5, 0.6) is 11.5 Å². The van der Waals surface area contributed by atoms with Crippen LogP contribution >= 0.6 is 0 Å². The molecule has 18 heavy (non-hydrogen) atoms. The summed E-state index contributed by atoms with van der Waals surface area (Å²) in [6.45, 7) is 4.18. The van der Waals surface area contributed by atoms with Crippen molar-refractivity contribution in [2.75, 3.05) is 20.3 Å². The van der Waals surface area contributed by atoms with E-state index < -0.39 is 6.10 Å². The zero-order valence-electron chi connectivity index (χ0n) is 10.9. The molecule has 0 heterocycles. The Balaban J connectivity index is 2.83. The number of ether oxygens (including phenoxy) is 2. The Morgan fingerprint density at radius 1 is 1.44 bits per heavy atom. The van der Waals surface area contributed by atoms with E-state index in [1.807, 2.05) is 6.92 Å². The number of nitrogens with one attached hydrogen (secondary N) is 1. The van der Waals surface area contributed by atoms with Crippen LogP contribution in [-0.4, -0.2) is 37.4 Å². The zero-order chi connectivity index (χ0) is 13.5. The lowest BCUT2D eigenvalue weighted by atomic mass is 10.2. The largest absolute Gasteiger partial charge is 0.493 e. The molecule has 2 N–H and O–H groups in total. The minimum absolute atomic E-state index is 0.217. The highest BCUT2D eigenvalue weighted by Crippen LogP contribution is 2.27. The molecule has 100 valence electrons. The lowest BCUT2D eigenvalue weighted by Gasteiger charge is -2.11. The summed E-state index contributed by atoms with van der Waals surface area (Å²) in [5.74, 6) is 0.869. The summed E-state index contributed by atoms with van der Waals surface area (Å²) >= 11 is 0. The maximum Gasteiger partial charge on any atom is 0.251 e. The molecule has 0 aliphatic heterocycles. The molecule has 1 amide bonds. The van der Waals surface area contributed by atoms with Gasteiger partial charge < -0.3 is 19.9 Å². The van der Waals surface area contributed by atoms with Crippen LogP contribution < -0.4 is 14.8 Å². The fraction of sp³-hybridized carbons (Fsp3) is 0.462. The third kappa shape index (κ3) is 3.92. The molecule has 0 bridgehead atoms. The second kappa shape index (κ2) is 6.86. The number of amides is 1. The van der Waals surface area contributed by atoms with Crippen LogP contribution in [0.25, 0.3) is 0 Å². The normalized spacial score (nSPS) is 11.8. The Bertz CT molecular complexity index is 404. The first-order chi connectivity index (χ1) is 8.58. The van der Waals surface area contributed by atoms with Crippen LogP contribution in [0.2, 0.25) is 0 Å². The quantitative estimate of drug-likeness (QED) is 0.799. The van der Waals surface area contributed by atoms with Gasteiger partial charge in [-0.3, -0.25) is 4.79 Å². The summed E-state index contributed by atoms with van der Waals surface area (Å²) in [4.78, 5) is 11.8. The maximum atomic E-state index is 11.8. The number of hydrogen-bond donors (Lipinski definition) is 2. The maximum absolute atomic E-state index is 11.8.